The number of hydrogen-bond donors (Lipinski definition) is 0. The van der Waals surface area contributed by atoms with Crippen LogP contribution in [0.25, 0.3) is 0 Å². The highest BCUT2D eigenvalue weighted by molar-refractivity contribution is 7.99. The topological polar surface area (TPSA) is 117 Å². The summed E-state index contributed by atoms with van der Waals surface area (Å²) in [5, 5.41) is 1.69. The molecule has 4 heterocycles. The maximum absolute atomic E-state index is 15.4. The molecule has 1 fully saturated rings. The molecule has 1 amide bonds. The normalized spacial score (nSPS) is 23.5. The van der Waals surface area contributed by atoms with Crippen LogP contribution in [0.4, 0.5) is 13.6 Å². The van der Waals surface area contributed by atoms with Gasteiger partial charge in [0, 0.05) is 41.3 Å². The Morgan fingerprint density at radius 3 is 2.70 bits per heavy atom. The van der Waals surface area contributed by atoms with Crippen molar-refractivity contribution in [2.75, 3.05) is 31.4 Å². The fourth-order valence-corrected chi connectivity index (χ4v) is 7.68. The molecule has 0 spiro atoms. The summed E-state index contributed by atoms with van der Waals surface area (Å²) in [6.45, 7) is 5.23. The van der Waals surface area contributed by atoms with Crippen LogP contribution in [0.1, 0.15) is 54.8 Å². The quantitative estimate of drug-likeness (QED) is 0.418. The Morgan fingerprint density at radius 2 is 1.91 bits per heavy atom. The lowest BCUT2D eigenvalue weighted by Crippen LogP contribution is -2.67. The first-order chi connectivity index (χ1) is 22.0. The van der Waals surface area contributed by atoms with Crippen molar-refractivity contribution in [1.82, 2.24) is 9.58 Å². The van der Waals surface area contributed by atoms with Gasteiger partial charge in [-0.25, -0.2) is 13.6 Å². The van der Waals surface area contributed by atoms with E-state index >= 15 is 4.39 Å². The molecular weight excluding hydrogens is 624 g/mol. The van der Waals surface area contributed by atoms with Gasteiger partial charge in [-0.05, 0) is 32.4 Å². The van der Waals surface area contributed by atoms with E-state index in [1.54, 1.807) is 13.0 Å². The zero-order valence-corrected chi connectivity index (χ0v) is 26.3. The van der Waals surface area contributed by atoms with Crippen molar-refractivity contribution >= 4 is 29.8 Å². The minimum atomic E-state index is -1.35. The Balaban J connectivity index is 1.47. The average Bonchev–Trinajstić information content (AvgIpc) is 3.17. The van der Waals surface area contributed by atoms with Crippen LogP contribution in [-0.4, -0.2) is 71.0 Å². The number of thioether (sulfide) groups is 1. The predicted molar refractivity (Wildman–Crippen MR) is 163 cm³/mol. The van der Waals surface area contributed by atoms with Crippen LogP contribution in [-0.2, 0) is 24.8 Å². The van der Waals surface area contributed by atoms with Gasteiger partial charge in [-0.1, -0.05) is 30.4 Å². The first kappa shape index (κ1) is 31.8. The van der Waals surface area contributed by atoms with Crippen molar-refractivity contribution in [3.8, 4) is 5.75 Å². The fraction of sp³-hybridized carbons (Fsp3) is 0.438. The number of rotatable bonds is 6. The number of allylic oxidation sites excluding steroid dienone is 2. The SMILES string of the molecule is CCOC(=O)CC(C)(C)OC(=O)Oc1c2n(ccc1=O)N([C@H]1c3ccc(F)c(F)c3CSC3C=CC=CC31)[C@@H]1COCCN1C2=O. The molecule has 1 aromatic heterocycles. The standard InChI is InChI=1S/C32H33F2N3O8S/c1-4-43-25(39)15-32(2,3)45-31(41)44-29-22(38)11-12-36-28(29)30(40)35-13-14-42-16-24(35)37(36)27-18-9-10-21(33)26(34)20(18)17-46-23-8-6-5-7-19(23)27/h5-12,19,23-24,27H,4,13-17H2,1-3H3/t19?,23?,24-,27+/m1/s1. The number of halogens is 2. The number of carbonyl (C=O) groups is 3. The first-order valence-electron chi connectivity index (χ1n) is 14.9. The summed E-state index contributed by atoms with van der Waals surface area (Å²) >= 11 is 1.48. The zero-order valence-electron chi connectivity index (χ0n) is 25.4. The van der Waals surface area contributed by atoms with Crippen LogP contribution in [0.5, 0.6) is 5.75 Å². The van der Waals surface area contributed by atoms with E-state index < -0.39 is 58.7 Å². The number of morpholine rings is 1. The number of esters is 1. The highest BCUT2D eigenvalue weighted by Crippen LogP contribution is 2.47. The van der Waals surface area contributed by atoms with Crippen molar-refractivity contribution in [3.63, 3.8) is 0 Å². The van der Waals surface area contributed by atoms with E-state index in [1.165, 1.54) is 41.4 Å². The van der Waals surface area contributed by atoms with E-state index in [0.29, 0.717) is 5.56 Å². The van der Waals surface area contributed by atoms with E-state index in [1.807, 2.05) is 29.3 Å². The molecule has 46 heavy (non-hydrogen) atoms. The number of fused-ring (bicyclic) bond motifs is 4. The summed E-state index contributed by atoms with van der Waals surface area (Å²) in [5.74, 6) is -3.71. The molecule has 14 heteroatoms. The van der Waals surface area contributed by atoms with Crippen molar-refractivity contribution in [3.05, 3.63) is 87.4 Å². The molecule has 0 bridgehead atoms. The third kappa shape index (κ3) is 5.79. The van der Waals surface area contributed by atoms with E-state index in [4.69, 9.17) is 18.9 Å². The Kier molecular flexibility index (Phi) is 8.68. The number of aromatic nitrogens is 1. The second-order valence-corrected chi connectivity index (χ2v) is 13.0. The predicted octanol–water partition coefficient (Wildman–Crippen LogP) is 4.22. The number of amides is 1. The molecule has 6 rings (SSSR count). The molecule has 2 aromatic rings. The molecule has 0 N–H and O–H groups in total. The van der Waals surface area contributed by atoms with Gasteiger partial charge >= 0.3 is 12.1 Å². The van der Waals surface area contributed by atoms with Gasteiger partial charge in [-0.2, -0.15) is 0 Å². The molecular formula is C32H33F2N3O8S. The fourth-order valence-electron chi connectivity index (χ4n) is 6.36. The molecule has 4 aliphatic rings. The molecule has 3 aliphatic heterocycles. The van der Waals surface area contributed by atoms with Gasteiger partial charge in [0.2, 0.25) is 11.2 Å². The van der Waals surface area contributed by atoms with Gasteiger partial charge in [0.1, 0.15) is 11.8 Å². The maximum Gasteiger partial charge on any atom is 0.514 e. The average molecular weight is 658 g/mol. The van der Waals surface area contributed by atoms with Crippen molar-refractivity contribution < 1.29 is 42.1 Å². The Bertz CT molecular complexity index is 1690. The molecule has 11 nitrogen and oxygen atoms in total. The number of ether oxygens (including phenoxy) is 4. The first-order valence-corrected chi connectivity index (χ1v) is 16.0. The maximum atomic E-state index is 15.4. The highest BCUT2D eigenvalue weighted by Gasteiger charge is 2.49. The highest BCUT2D eigenvalue weighted by atomic mass is 32.2. The van der Waals surface area contributed by atoms with E-state index in [2.05, 4.69) is 0 Å². The summed E-state index contributed by atoms with van der Waals surface area (Å²) in [5.41, 5.74) is -1.62. The Hall–Kier alpha value is -4.17. The summed E-state index contributed by atoms with van der Waals surface area (Å²) in [6, 6.07) is 3.13. The molecule has 1 aromatic carbocycles. The van der Waals surface area contributed by atoms with E-state index in [0.717, 1.165) is 12.1 Å². The van der Waals surface area contributed by atoms with Crippen LogP contribution < -0.4 is 15.2 Å². The van der Waals surface area contributed by atoms with Crippen LogP contribution in [0.3, 0.4) is 0 Å². The molecule has 244 valence electrons. The third-order valence-corrected chi connectivity index (χ3v) is 9.63. The third-order valence-electron chi connectivity index (χ3n) is 8.32. The molecule has 1 saturated heterocycles. The molecule has 4 atom stereocenters. The van der Waals surface area contributed by atoms with Gasteiger partial charge in [0.05, 0.1) is 32.3 Å². The lowest BCUT2D eigenvalue weighted by molar-refractivity contribution is -0.147. The van der Waals surface area contributed by atoms with Gasteiger partial charge in [0.15, 0.2) is 17.3 Å². The van der Waals surface area contributed by atoms with Gasteiger partial charge < -0.3 is 23.8 Å². The van der Waals surface area contributed by atoms with Crippen LogP contribution in [0.2, 0.25) is 0 Å². The number of pyridine rings is 1. The lowest BCUT2D eigenvalue weighted by Gasteiger charge is -2.53. The van der Waals surface area contributed by atoms with Crippen molar-refractivity contribution in [2.24, 2.45) is 5.92 Å². The van der Waals surface area contributed by atoms with Crippen molar-refractivity contribution in [1.29, 1.82) is 0 Å². The molecule has 2 unspecified atom stereocenters. The number of carbonyl (C=O) groups excluding carboxylic acids is 3. The van der Waals surface area contributed by atoms with Crippen LogP contribution in [0.15, 0.2) is 53.5 Å². The van der Waals surface area contributed by atoms with Gasteiger partial charge in [0.25, 0.3) is 5.91 Å². The van der Waals surface area contributed by atoms with Gasteiger partial charge in [-0.3, -0.25) is 24.1 Å². The van der Waals surface area contributed by atoms with E-state index in [9.17, 15) is 23.6 Å². The number of nitrogens with zero attached hydrogens (tertiary/aromatic N) is 3. The number of benzene rings is 1. The summed E-state index contributed by atoms with van der Waals surface area (Å²) < 4.78 is 53.0. The minimum Gasteiger partial charge on any atom is -0.466 e. The molecule has 1 aliphatic carbocycles. The van der Waals surface area contributed by atoms with E-state index in [-0.39, 0.29) is 61.0 Å². The monoisotopic (exact) mass is 657 g/mol. The molecule has 0 saturated carbocycles. The molecule has 0 radical (unpaired) electrons. The second kappa shape index (κ2) is 12.6. The van der Waals surface area contributed by atoms with Gasteiger partial charge in [-0.15, -0.1) is 11.8 Å². The van der Waals surface area contributed by atoms with Crippen LogP contribution >= 0.6 is 11.8 Å². The largest absolute Gasteiger partial charge is 0.514 e. The lowest BCUT2D eigenvalue weighted by atomic mass is 9.84. The zero-order chi connectivity index (χ0) is 32.7. The second-order valence-electron chi connectivity index (χ2n) is 11.8. The smallest absolute Gasteiger partial charge is 0.466 e. The summed E-state index contributed by atoms with van der Waals surface area (Å²) in [6.07, 6.45) is 6.92. The summed E-state index contributed by atoms with van der Waals surface area (Å²) in [4.78, 5) is 53.9. The Morgan fingerprint density at radius 1 is 1.13 bits per heavy atom. The Labute approximate surface area is 267 Å². The number of hydrogen-bond acceptors (Lipinski definition) is 10. The van der Waals surface area contributed by atoms with Crippen molar-refractivity contribution in [2.45, 2.75) is 56.0 Å². The van der Waals surface area contributed by atoms with Crippen LogP contribution in [0, 0.1) is 17.6 Å². The minimum absolute atomic E-state index is 0.0944. The summed E-state index contributed by atoms with van der Waals surface area (Å²) in [7, 11) is 0.